The van der Waals surface area contributed by atoms with Crippen molar-refractivity contribution in [2.45, 2.75) is 19.9 Å². The molecule has 0 bridgehead atoms. The predicted molar refractivity (Wildman–Crippen MR) is 94.6 cm³/mol. The average Bonchev–Trinajstić information content (AvgIpc) is 3.01. The molecular formula is C20H20N2O. The summed E-state index contributed by atoms with van der Waals surface area (Å²) in [5.74, 6) is -0.0788. The van der Waals surface area contributed by atoms with Crippen LogP contribution in [0.1, 0.15) is 23.7 Å². The first kappa shape index (κ1) is 15.1. The molecule has 3 nitrogen and oxygen atoms in total. The Morgan fingerprint density at radius 2 is 1.61 bits per heavy atom. The van der Waals surface area contributed by atoms with Crippen LogP contribution in [-0.2, 0) is 6.54 Å². The minimum atomic E-state index is -0.0788. The molecule has 3 aromatic rings. The van der Waals surface area contributed by atoms with E-state index in [0.29, 0.717) is 5.56 Å². The minimum Gasteiger partial charge on any atom is -0.353 e. The Morgan fingerprint density at radius 1 is 0.957 bits per heavy atom. The number of para-hydroxylation sites is 1. The van der Waals surface area contributed by atoms with Gasteiger partial charge in [0.15, 0.2) is 0 Å². The SMILES string of the molecule is CCCn1cc(C(=O)Nc2ccccc2)c(-c2ccccc2)c1. The molecule has 3 rings (SSSR count). The largest absolute Gasteiger partial charge is 0.353 e. The van der Waals surface area contributed by atoms with Gasteiger partial charge in [-0.3, -0.25) is 4.79 Å². The van der Waals surface area contributed by atoms with Crippen LogP contribution in [0.15, 0.2) is 73.1 Å². The highest BCUT2D eigenvalue weighted by Crippen LogP contribution is 2.26. The summed E-state index contributed by atoms with van der Waals surface area (Å²) >= 11 is 0. The van der Waals surface area contributed by atoms with Crippen molar-refractivity contribution in [3.8, 4) is 11.1 Å². The molecule has 2 aromatic carbocycles. The average molecular weight is 304 g/mol. The Labute approximate surface area is 136 Å². The van der Waals surface area contributed by atoms with Gasteiger partial charge in [0.2, 0.25) is 0 Å². The van der Waals surface area contributed by atoms with Crippen LogP contribution in [0.5, 0.6) is 0 Å². The Bertz CT molecular complexity index is 776. The van der Waals surface area contributed by atoms with Gasteiger partial charge >= 0.3 is 0 Å². The van der Waals surface area contributed by atoms with Crippen LogP contribution < -0.4 is 5.32 Å². The van der Waals surface area contributed by atoms with Crippen LogP contribution in [0.3, 0.4) is 0 Å². The summed E-state index contributed by atoms with van der Waals surface area (Å²) in [6.45, 7) is 3.03. The fraction of sp³-hybridized carbons (Fsp3) is 0.150. The summed E-state index contributed by atoms with van der Waals surface area (Å²) in [7, 11) is 0. The second-order valence-corrected chi connectivity index (χ2v) is 5.51. The van der Waals surface area contributed by atoms with Crippen molar-refractivity contribution in [1.82, 2.24) is 4.57 Å². The van der Waals surface area contributed by atoms with E-state index in [1.807, 2.05) is 66.9 Å². The quantitative estimate of drug-likeness (QED) is 0.720. The zero-order valence-corrected chi connectivity index (χ0v) is 13.2. The van der Waals surface area contributed by atoms with Gasteiger partial charge in [0.1, 0.15) is 0 Å². The lowest BCUT2D eigenvalue weighted by molar-refractivity contribution is 0.102. The van der Waals surface area contributed by atoms with Gasteiger partial charge in [-0.2, -0.15) is 0 Å². The molecule has 116 valence electrons. The fourth-order valence-corrected chi connectivity index (χ4v) is 2.64. The molecule has 0 spiro atoms. The molecule has 0 radical (unpaired) electrons. The van der Waals surface area contributed by atoms with Gasteiger partial charge in [-0.15, -0.1) is 0 Å². The van der Waals surface area contributed by atoms with E-state index in [1.54, 1.807) is 0 Å². The molecule has 0 aliphatic rings. The smallest absolute Gasteiger partial charge is 0.257 e. The number of hydrogen-bond acceptors (Lipinski definition) is 1. The Kier molecular flexibility index (Phi) is 4.57. The number of amides is 1. The highest BCUT2D eigenvalue weighted by atomic mass is 16.1. The number of nitrogens with one attached hydrogen (secondary N) is 1. The van der Waals surface area contributed by atoms with Gasteiger partial charge in [-0.05, 0) is 24.1 Å². The number of carbonyl (C=O) groups is 1. The highest BCUT2D eigenvalue weighted by molar-refractivity contribution is 6.08. The number of benzene rings is 2. The van der Waals surface area contributed by atoms with Crippen LogP contribution in [-0.4, -0.2) is 10.5 Å². The maximum absolute atomic E-state index is 12.7. The van der Waals surface area contributed by atoms with E-state index in [2.05, 4.69) is 23.0 Å². The number of nitrogens with zero attached hydrogens (tertiary/aromatic N) is 1. The number of anilines is 1. The van der Waals surface area contributed by atoms with Crippen LogP contribution >= 0.6 is 0 Å². The normalized spacial score (nSPS) is 10.5. The van der Waals surface area contributed by atoms with E-state index >= 15 is 0 Å². The number of hydrogen-bond donors (Lipinski definition) is 1. The molecule has 0 aliphatic heterocycles. The summed E-state index contributed by atoms with van der Waals surface area (Å²) in [5, 5.41) is 2.97. The first-order valence-corrected chi connectivity index (χ1v) is 7.89. The van der Waals surface area contributed by atoms with Gasteiger partial charge in [0, 0.05) is 30.2 Å². The number of aryl methyl sites for hydroxylation is 1. The van der Waals surface area contributed by atoms with Crippen molar-refractivity contribution in [2.24, 2.45) is 0 Å². The number of rotatable bonds is 5. The van der Waals surface area contributed by atoms with Crippen molar-refractivity contribution in [3.63, 3.8) is 0 Å². The maximum Gasteiger partial charge on any atom is 0.257 e. The zero-order chi connectivity index (χ0) is 16.1. The van der Waals surface area contributed by atoms with Crippen LogP contribution in [0.2, 0.25) is 0 Å². The first-order valence-electron chi connectivity index (χ1n) is 7.89. The van der Waals surface area contributed by atoms with Crippen LogP contribution in [0, 0.1) is 0 Å². The zero-order valence-electron chi connectivity index (χ0n) is 13.2. The van der Waals surface area contributed by atoms with Crippen molar-refractivity contribution in [3.05, 3.63) is 78.6 Å². The van der Waals surface area contributed by atoms with Gasteiger partial charge in [0.25, 0.3) is 5.91 Å². The Balaban J connectivity index is 1.95. The van der Waals surface area contributed by atoms with Crippen LogP contribution in [0.4, 0.5) is 5.69 Å². The molecule has 0 unspecified atom stereocenters. The molecular weight excluding hydrogens is 284 g/mol. The van der Waals surface area contributed by atoms with Crippen molar-refractivity contribution >= 4 is 11.6 Å². The van der Waals surface area contributed by atoms with Gasteiger partial charge in [-0.1, -0.05) is 55.5 Å². The Morgan fingerprint density at radius 3 is 2.26 bits per heavy atom. The first-order chi connectivity index (χ1) is 11.3. The number of carbonyl (C=O) groups excluding carboxylic acids is 1. The lowest BCUT2D eigenvalue weighted by Crippen LogP contribution is -2.12. The molecule has 0 saturated heterocycles. The lowest BCUT2D eigenvalue weighted by atomic mass is 10.0. The molecule has 0 aliphatic carbocycles. The summed E-state index contributed by atoms with van der Waals surface area (Å²) in [5.41, 5.74) is 3.53. The van der Waals surface area contributed by atoms with E-state index in [-0.39, 0.29) is 5.91 Å². The highest BCUT2D eigenvalue weighted by Gasteiger charge is 2.16. The molecule has 0 saturated carbocycles. The summed E-state index contributed by atoms with van der Waals surface area (Å²) < 4.78 is 2.09. The van der Waals surface area contributed by atoms with Crippen molar-refractivity contribution in [1.29, 1.82) is 0 Å². The van der Waals surface area contributed by atoms with E-state index in [0.717, 1.165) is 29.8 Å². The summed E-state index contributed by atoms with van der Waals surface area (Å²) in [4.78, 5) is 12.7. The molecule has 3 heteroatoms. The molecule has 1 N–H and O–H groups in total. The van der Waals surface area contributed by atoms with Gasteiger partial charge < -0.3 is 9.88 Å². The molecule has 1 aromatic heterocycles. The Hall–Kier alpha value is -2.81. The molecule has 0 fully saturated rings. The van der Waals surface area contributed by atoms with E-state index < -0.39 is 0 Å². The molecule has 23 heavy (non-hydrogen) atoms. The summed E-state index contributed by atoms with van der Waals surface area (Å²) in [6, 6.07) is 19.6. The van der Waals surface area contributed by atoms with E-state index in [1.165, 1.54) is 0 Å². The molecule has 1 heterocycles. The topological polar surface area (TPSA) is 34.0 Å². The van der Waals surface area contributed by atoms with Crippen molar-refractivity contribution in [2.75, 3.05) is 5.32 Å². The second kappa shape index (κ2) is 6.97. The third-order valence-corrected chi connectivity index (χ3v) is 3.72. The fourth-order valence-electron chi connectivity index (χ4n) is 2.64. The third-order valence-electron chi connectivity index (χ3n) is 3.72. The molecule has 0 atom stereocenters. The standard InChI is InChI=1S/C20H20N2O/c1-2-13-22-14-18(16-9-5-3-6-10-16)19(15-22)20(23)21-17-11-7-4-8-12-17/h3-12,14-15H,2,13H2,1H3,(H,21,23). The minimum absolute atomic E-state index is 0.0788. The lowest BCUT2D eigenvalue weighted by Gasteiger charge is -2.06. The van der Waals surface area contributed by atoms with Crippen molar-refractivity contribution < 1.29 is 4.79 Å². The maximum atomic E-state index is 12.7. The third kappa shape index (κ3) is 3.51. The summed E-state index contributed by atoms with van der Waals surface area (Å²) in [6.07, 6.45) is 5.02. The van der Waals surface area contributed by atoms with Gasteiger partial charge in [-0.25, -0.2) is 0 Å². The molecule has 1 amide bonds. The monoisotopic (exact) mass is 304 g/mol. The number of aromatic nitrogens is 1. The predicted octanol–water partition coefficient (Wildman–Crippen LogP) is 4.82. The second-order valence-electron chi connectivity index (χ2n) is 5.51. The van der Waals surface area contributed by atoms with Gasteiger partial charge in [0.05, 0.1) is 5.56 Å². The van der Waals surface area contributed by atoms with E-state index in [4.69, 9.17) is 0 Å². The van der Waals surface area contributed by atoms with E-state index in [9.17, 15) is 4.79 Å². The van der Waals surface area contributed by atoms with Crippen LogP contribution in [0.25, 0.3) is 11.1 Å².